The van der Waals surface area contributed by atoms with Crippen LogP contribution in [0.5, 0.6) is 0 Å². The second-order valence-corrected chi connectivity index (χ2v) is 8.84. The van der Waals surface area contributed by atoms with Gasteiger partial charge in [-0.05, 0) is 31.0 Å². The van der Waals surface area contributed by atoms with Crippen molar-refractivity contribution in [3.05, 3.63) is 63.2 Å². The van der Waals surface area contributed by atoms with Gasteiger partial charge in [0.05, 0.1) is 21.3 Å². The Morgan fingerprint density at radius 1 is 1.27 bits per heavy atom. The molecule has 2 heterocycles. The zero-order valence-electron chi connectivity index (χ0n) is 13.8. The molecular weight excluding hydrogens is 391 g/mol. The minimum Gasteiger partial charge on any atom is -0.335 e. The molecular formula is C19H16ClFN2OS2. The van der Waals surface area contributed by atoms with Gasteiger partial charge in [0.25, 0.3) is 0 Å². The molecule has 0 radical (unpaired) electrons. The number of halogens is 2. The zero-order valence-corrected chi connectivity index (χ0v) is 16.2. The van der Waals surface area contributed by atoms with E-state index in [2.05, 4.69) is 4.98 Å². The molecule has 1 aromatic carbocycles. The molecule has 1 saturated carbocycles. The van der Waals surface area contributed by atoms with E-state index in [1.54, 1.807) is 23.1 Å². The van der Waals surface area contributed by atoms with Gasteiger partial charge >= 0.3 is 0 Å². The second-order valence-electron chi connectivity index (χ2n) is 6.27. The summed E-state index contributed by atoms with van der Waals surface area (Å²) in [6, 6.07) is 10.6. The number of carbonyl (C=O) groups is 1. The summed E-state index contributed by atoms with van der Waals surface area (Å²) in [6.45, 7) is 0.313. The van der Waals surface area contributed by atoms with Crippen LogP contribution < -0.4 is 0 Å². The smallest absolute Gasteiger partial charge is 0.229 e. The molecule has 0 spiro atoms. The van der Waals surface area contributed by atoms with E-state index in [0.29, 0.717) is 12.1 Å². The average Bonchev–Trinajstić information content (AvgIpc) is 3.20. The Morgan fingerprint density at radius 3 is 2.77 bits per heavy atom. The highest BCUT2D eigenvalue weighted by Gasteiger charge is 2.33. The molecule has 0 aliphatic heterocycles. The Labute approximate surface area is 164 Å². The van der Waals surface area contributed by atoms with Gasteiger partial charge in [0.1, 0.15) is 10.8 Å². The van der Waals surface area contributed by atoms with Crippen molar-refractivity contribution >= 4 is 40.2 Å². The molecule has 3 aromatic rings. The van der Waals surface area contributed by atoms with Crippen molar-refractivity contribution in [2.24, 2.45) is 0 Å². The van der Waals surface area contributed by atoms with Crippen LogP contribution in [0, 0.1) is 5.82 Å². The van der Waals surface area contributed by atoms with Gasteiger partial charge < -0.3 is 4.90 Å². The fourth-order valence-electron chi connectivity index (χ4n) is 2.80. The lowest BCUT2D eigenvalue weighted by atomic mass is 10.2. The predicted molar refractivity (Wildman–Crippen MR) is 104 cm³/mol. The van der Waals surface area contributed by atoms with Gasteiger partial charge in [-0.1, -0.05) is 29.8 Å². The maximum atomic E-state index is 14.0. The first-order valence-electron chi connectivity index (χ1n) is 8.33. The summed E-state index contributed by atoms with van der Waals surface area (Å²) in [7, 11) is 0. The Hall–Kier alpha value is -1.76. The van der Waals surface area contributed by atoms with Crippen LogP contribution in [-0.4, -0.2) is 21.8 Å². The quantitative estimate of drug-likeness (QED) is 0.549. The highest BCUT2D eigenvalue weighted by atomic mass is 35.5. The third kappa shape index (κ3) is 3.98. The lowest BCUT2D eigenvalue weighted by molar-refractivity contribution is -0.131. The topological polar surface area (TPSA) is 33.2 Å². The monoisotopic (exact) mass is 406 g/mol. The van der Waals surface area contributed by atoms with Crippen molar-refractivity contribution < 1.29 is 9.18 Å². The molecule has 1 aliphatic carbocycles. The lowest BCUT2D eigenvalue weighted by Gasteiger charge is -2.22. The number of carbonyl (C=O) groups excluding carboxylic acids is 1. The van der Waals surface area contributed by atoms with E-state index < -0.39 is 0 Å². The Morgan fingerprint density at radius 2 is 2.08 bits per heavy atom. The molecule has 1 aliphatic rings. The van der Waals surface area contributed by atoms with Crippen LogP contribution in [0.3, 0.4) is 0 Å². The molecule has 1 amide bonds. The van der Waals surface area contributed by atoms with Crippen molar-refractivity contribution in [3.63, 3.8) is 0 Å². The van der Waals surface area contributed by atoms with Crippen LogP contribution in [0.2, 0.25) is 4.34 Å². The molecule has 4 rings (SSSR count). The van der Waals surface area contributed by atoms with Gasteiger partial charge in [-0.3, -0.25) is 4.79 Å². The third-order valence-corrected chi connectivity index (χ3v) is 6.57. The number of nitrogens with zero attached hydrogens (tertiary/aromatic N) is 2. The number of aromatic nitrogens is 1. The van der Waals surface area contributed by atoms with Crippen LogP contribution in [0.1, 0.15) is 24.1 Å². The number of hydrogen-bond donors (Lipinski definition) is 0. The van der Waals surface area contributed by atoms with E-state index in [0.717, 1.165) is 32.8 Å². The number of amides is 1. The minimum atomic E-state index is -0.267. The highest BCUT2D eigenvalue weighted by Crippen LogP contribution is 2.34. The SMILES string of the molecule is O=C(Cc1csc(-c2ccc(Cl)s2)n1)N(Cc1ccccc1F)C1CC1. The number of hydrogen-bond acceptors (Lipinski definition) is 4. The Kier molecular flexibility index (Phi) is 5.07. The minimum absolute atomic E-state index is 0.00295. The predicted octanol–water partition coefficient (Wildman–Crippen LogP) is 5.40. The lowest BCUT2D eigenvalue weighted by Crippen LogP contribution is -2.34. The number of benzene rings is 1. The second kappa shape index (κ2) is 7.47. The Bertz CT molecular complexity index is 935. The summed E-state index contributed by atoms with van der Waals surface area (Å²) < 4.78 is 14.7. The summed E-state index contributed by atoms with van der Waals surface area (Å²) in [6.07, 6.45) is 2.20. The molecule has 0 unspecified atom stereocenters. The largest absolute Gasteiger partial charge is 0.335 e. The van der Waals surface area contributed by atoms with Crippen LogP contribution in [0.25, 0.3) is 9.88 Å². The summed E-state index contributed by atoms with van der Waals surface area (Å²) >= 11 is 8.96. The summed E-state index contributed by atoms with van der Waals surface area (Å²) in [5.41, 5.74) is 1.30. The van der Waals surface area contributed by atoms with E-state index in [-0.39, 0.29) is 24.2 Å². The Balaban J connectivity index is 1.47. The van der Waals surface area contributed by atoms with Gasteiger partial charge in [0.15, 0.2) is 0 Å². The van der Waals surface area contributed by atoms with Crippen LogP contribution in [-0.2, 0) is 17.8 Å². The standard InChI is InChI=1S/C19H16ClFN2OS2/c20-17-8-7-16(26-17)19-22-13(11-25-19)9-18(24)23(14-5-6-14)10-12-3-1-2-4-15(12)21/h1-4,7-8,11,14H,5-6,9-10H2. The van der Waals surface area contributed by atoms with Crippen molar-refractivity contribution in [1.29, 1.82) is 0 Å². The molecule has 0 atom stereocenters. The summed E-state index contributed by atoms with van der Waals surface area (Å²) in [4.78, 5) is 20.2. The number of thiophene rings is 1. The molecule has 7 heteroatoms. The highest BCUT2D eigenvalue weighted by molar-refractivity contribution is 7.23. The fraction of sp³-hybridized carbons (Fsp3) is 0.263. The van der Waals surface area contributed by atoms with Crippen LogP contribution in [0.4, 0.5) is 4.39 Å². The van der Waals surface area contributed by atoms with Gasteiger partial charge in [0, 0.05) is 23.5 Å². The van der Waals surface area contributed by atoms with E-state index in [1.807, 2.05) is 17.5 Å². The molecule has 1 fully saturated rings. The van der Waals surface area contributed by atoms with Crippen molar-refractivity contribution in [2.45, 2.75) is 31.8 Å². The average molecular weight is 407 g/mol. The first-order chi connectivity index (χ1) is 12.6. The molecule has 134 valence electrons. The molecule has 0 bridgehead atoms. The molecule has 2 aromatic heterocycles. The first kappa shape index (κ1) is 17.6. The van der Waals surface area contributed by atoms with Gasteiger partial charge in [-0.2, -0.15) is 0 Å². The number of rotatable bonds is 6. The van der Waals surface area contributed by atoms with Gasteiger partial charge in [-0.25, -0.2) is 9.37 Å². The van der Waals surface area contributed by atoms with Crippen LogP contribution in [0.15, 0.2) is 41.8 Å². The van der Waals surface area contributed by atoms with Gasteiger partial charge in [-0.15, -0.1) is 22.7 Å². The van der Waals surface area contributed by atoms with E-state index >= 15 is 0 Å². The molecule has 3 nitrogen and oxygen atoms in total. The van der Waals surface area contributed by atoms with E-state index in [4.69, 9.17) is 11.6 Å². The van der Waals surface area contributed by atoms with E-state index in [1.165, 1.54) is 28.7 Å². The van der Waals surface area contributed by atoms with Crippen molar-refractivity contribution in [1.82, 2.24) is 9.88 Å². The van der Waals surface area contributed by atoms with Crippen molar-refractivity contribution in [3.8, 4) is 9.88 Å². The third-order valence-electron chi connectivity index (χ3n) is 4.27. The molecule has 0 N–H and O–H groups in total. The summed E-state index contributed by atoms with van der Waals surface area (Å²) in [5, 5.41) is 2.78. The maximum Gasteiger partial charge on any atom is 0.229 e. The van der Waals surface area contributed by atoms with Crippen molar-refractivity contribution in [2.75, 3.05) is 0 Å². The van der Waals surface area contributed by atoms with Gasteiger partial charge in [0.2, 0.25) is 5.91 Å². The summed E-state index contributed by atoms with van der Waals surface area (Å²) in [5.74, 6) is -0.270. The number of thiazole rings is 1. The maximum absolute atomic E-state index is 14.0. The fourth-order valence-corrected chi connectivity index (χ4v) is 4.74. The molecule has 26 heavy (non-hydrogen) atoms. The van der Waals surface area contributed by atoms with E-state index in [9.17, 15) is 9.18 Å². The first-order valence-corrected chi connectivity index (χ1v) is 10.4. The van der Waals surface area contributed by atoms with Crippen LogP contribution >= 0.6 is 34.3 Å². The zero-order chi connectivity index (χ0) is 18.1. The molecule has 0 saturated heterocycles. The normalized spacial score (nSPS) is 13.8.